The van der Waals surface area contributed by atoms with Gasteiger partial charge in [0.15, 0.2) is 23.3 Å². The number of pyridine rings is 2. The van der Waals surface area contributed by atoms with E-state index in [9.17, 15) is 18.8 Å². The zero-order chi connectivity index (χ0) is 23.4. The van der Waals surface area contributed by atoms with Gasteiger partial charge in [-0.2, -0.15) is 15.5 Å². The van der Waals surface area contributed by atoms with Crippen LogP contribution in [-0.2, 0) is 0 Å². The van der Waals surface area contributed by atoms with E-state index in [1.165, 1.54) is 18.6 Å². The highest BCUT2D eigenvalue weighted by atomic mass is 19.1. The van der Waals surface area contributed by atoms with Crippen LogP contribution < -0.4 is 16.0 Å². The van der Waals surface area contributed by atoms with Gasteiger partial charge in [-0.25, -0.2) is 23.5 Å². The third-order valence-electron chi connectivity index (χ3n) is 5.19. The number of nitriles is 1. The molecule has 0 spiro atoms. The number of anilines is 3. The van der Waals surface area contributed by atoms with Crippen molar-refractivity contribution in [1.29, 1.82) is 5.26 Å². The van der Waals surface area contributed by atoms with Crippen molar-refractivity contribution in [1.82, 2.24) is 30.3 Å². The largest absolute Gasteiger partial charge is 0.465 e. The quantitative estimate of drug-likeness (QED) is 0.439. The summed E-state index contributed by atoms with van der Waals surface area (Å²) >= 11 is 0. The van der Waals surface area contributed by atoms with Crippen molar-refractivity contribution in [3.05, 3.63) is 47.9 Å². The first-order chi connectivity index (χ1) is 15.9. The van der Waals surface area contributed by atoms with Crippen molar-refractivity contribution < 1.29 is 18.7 Å². The van der Waals surface area contributed by atoms with Crippen LogP contribution in [0.25, 0.3) is 5.82 Å². The molecule has 0 aliphatic heterocycles. The van der Waals surface area contributed by atoms with Gasteiger partial charge in [0.1, 0.15) is 6.07 Å². The molecule has 4 rings (SSSR count). The second-order valence-corrected chi connectivity index (χ2v) is 7.39. The van der Waals surface area contributed by atoms with Gasteiger partial charge >= 0.3 is 6.09 Å². The number of nitrogens with one attached hydrogen (secondary N) is 3. The van der Waals surface area contributed by atoms with Crippen LogP contribution in [0.4, 0.5) is 30.9 Å². The number of hydrogen-bond acceptors (Lipinski definition) is 8. The molecule has 1 amide bonds. The van der Waals surface area contributed by atoms with Crippen LogP contribution in [-0.4, -0.2) is 48.2 Å². The Balaban J connectivity index is 1.59. The van der Waals surface area contributed by atoms with Crippen molar-refractivity contribution in [2.75, 3.05) is 10.6 Å². The second-order valence-electron chi connectivity index (χ2n) is 7.39. The van der Waals surface area contributed by atoms with Crippen molar-refractivity contribution >= 4 is 23.4 Å². The van der Waals surface area contributed by atoms with Gasteiger partial charge in [-0.1, -0.05) is 12.8 Å². The molecule has 0 bridgehead atoms. The molecule has 1 aliphatic carbocycles. The molecule has 4 N–H and O–H groups in total. The molecule has 3 aromatic heterocycles. The molecule has 33 heavy (non-hydrogen) atoms. The van der Waals surface area contributed by atoms with Gasteiger partial charge in [0.2, 0.25) is 5.82 Å². The van der Waals surface area contributed by atoms with E-state index in [2.05, 4.69) is 36.1 Å². The minimum Gasteiger partial charge on any atom is -0.465 e. The molecule has 1 saturated carbocycles. The molecular formula is C20H19F2N9O2. The average Bonchev–Trinajstić information content (AvgIpc) is 3.31. The fourth-order valence-electron chi connectivity index (χ4n) is 3.69. The summed E-state index contributed by atoms with van der Waals surface area (Å²) in [5, 5.41) is 34.3. The zero-order valence-electron chi connectivity index (χ0n) is 17.2. The van der Waals surface area contributed by atoms with Crippen LogP contribution in [0.2, 0.25) is 0 Å². The number of carboxylic acid groups (broad SMARTS) is 1. The maximum absolute atomic E-state index is 14.6. The van der Waals surface area contributed by atoms with Crippen LogP contribution in [0.15, 0.2) is 30.7 Å². The Kier molecular flexibility index (Phi) is 6.25. The van der Waals surface area contributed by atoms with E-state index in [1.807, 2.05) is 6.07 Å². The molecule has 3 heterocycles. The topological polar surface area (TPSA) is 154 Å². The fraction of sp³-hybridized carbons (Fsp3) is 0.300. The standard InChI is InChI=1S/C20H19F2N9O2/c21-13-7-11(9-23)17(27-12-8-14(22)19(24-10-12)31-25-5-6-26-31)30-18(13)28-15-3-1-2-4-16(15)29-20(32)33/h5-8,10,15-16,29H,1-4H2,(H,32,33)(H2,27,28,30)/t15-,16+/m1/s1. The Morgan fingerprint density at radius 2 is 1.85 bits per heavy atom. The maximum atomic E-state index is 14.6. The Bertz CT molecular complexity index is 1200. The second kappa shape index (κ2) is 9.43. The van der Waals surface area contributed by atoms with Gasteiger partial charge in [-0.15, -0.1) is 4.80 Å². The third kappa shape index (κ3) is 4.95. The lowest BCUT2D eigenvalue weighted by Gasteiger charge is -2.32. The van der Waals surface area contributed by atoms with E-state index in [-0.39, 0.29) is 34.7 Å². The summed E-state index contributed by atoms with van der Waals surface area (Å²) in [6.07, 6.45) is 5.83. The number of rotatable bonds is 6. The predicted molar refractivity (Wildman–Crippen MR) is 112 cm³/mol. The van der Waals surface area contributed by atoms with Crippen LogP contribution >= 0.6 is 0 Å². The Labute approximate surface area is 186 Å². The number of aromatic nitrogens is 5. The summed E-state index contributed by atoms with van der Waals surface area (Å²) in [5.74, 6) is -1.76. The van der Waals surface area contributed by atoms with Gasteiger partial charge in [0.05, 0.1) is 35.9 Å². The molecular weight excluding hydrogens is 436 g/mol. The Hall–Kier alpha value is -4.34. The van der Waals surface area contributed by atoms with E-state index in [1.54, 1.807) is 0 Å². The molecule has 13 heteroatoms. The SMILES string of the molecule is N#Cc1cc(F)c(N[C@@H]2CCCC[C@@H]2NC(=O)O)nc1Nc1cnc(-n2nccn2)c(F)c1. The van der Waals surface area contributed by atoms with Gasteiger partial charge < -0.3 is 21.1 Å². The van der Waals surface area contributed by atoms with Gasteiger partial charge in [0.25, 0.3) is 0 Å². The van der Waals surface area contributed by atoms with Crippen LogP contribution in [0.3, 0.4) is 0 Å². The van der Waals surface area contributed by atoms with Crippen LogP contribution in [0.1, 0.15) is 31.2 Å². The van der Waals surface area contributed by atoms with E-state index in [4.69, 9.17) is 5.11 Å². The molecule has 2 atom stereocenters. The van der Waals surface area contributed by atoms with Gasteiger partial charge in [-0.05, 0) is 18.9 Å². The summed E-state index contributed by atoms with van der Waals surface area (Å²) in [6.45, 7) is 0. The summed E-state index contributed by atoms with van der Waals surface area (Å²) in [5.41, 5.74) is 0.0770. The lowest BCUT2D eigenvalue weighted by atomic mass is 9.90. The monoisotopic (exact) mass is 455 g/mol. The molecule has 11 nitrogen and oxygen atoms in total. The molecule has 0 radical (unpaired) electrons. The first-order valence-corrected chi connectivity index (χ1v) is 10.1. The number of nitrogens with zero attached hydrogens (tertiary/aromatic N) is 6. The van der Waals surface area contributed by atoms with Crippen molar-refractivity contribution in [2.45, 2.75) is 37.8 Å². The van der Waals surface area contributed by atoms with Crippen LogP contribution in [0.5, 0.6) is 0 Å². The smallest absolute Gasteiger partial charge is 0.404 e. The number of amides is 1. The normalized spacial score (nSPS) is 17.7. The molecule has 1 fully saturated rings. The number of carbonyl (C=O) groups is 1. The molecule has 0 saturated heterocycles. The van der Waals surface area contributed by atoms with Gasteiger partial charge in [0, 0.05) is 12.1 Å². The van der Waals surface area contributed by atoms with Crippen molar-refractivity contribution in [3.63, 3.8) is 0 Å². The predicted octanol–water partition coefficient (Wildman–Crippen LogP) is 2.94. The lowest BCUT2D eigenvalue weighted by molar-refractivity contribution is 0.184. The lowest BCUT2D eigenvalue weighted by Crippen LogP contribution is -2.48. The summed E-state index contributed by atoms with van der Waals surface area (Å²) in [4.78, 5) is 20.2. The summed E-state index contributed by atoms with van der Waals surface area (Å²) in [7, 11) is 0. The molecule has 0 unspecified atom stereocenters. The average molecular weight is 455 g/mol. The summed E-state index contributed by atoms with van der Waals surface area (Å²) in [6, 6.07) is 3.19. The molecule has 1 aliphatic rings. The van der Waals surface area contributed by atoms with E-state index < -0.39 is 23.8 Å². The number of hydrogen-bond donors (Lipinski definition) is 4. The Morgan fingerprint density at radius 1 is 1.12 bits per heavy atom. The zero-order valence-corrected chi connectivity index (χ0v) is 17.2. The van der Waals surface area contributed by atoms with Crippen molar-refractivity contribution in [2.24, 2.45) is 0 Å². The van der Waals surface area contributed by atoms with Crippen LogP contribution in [0, 0.1) is 23.0 Å². The highest BCUT2D eigenvalue weighted by Crippen LogP contribution is 2.27. The van der Waals surface area contributed by atoms with E-state index in [0.717, 1.165) is 29.8 Å². The first kappa shape index (κ1) is 21.9. The number of halogens is 2. The molecule has 3 aromatic rings. The fourth-order valence-corrected chi connectivity index (χ4v) is 3.69. The minimum atomic E-state index is -1.16. The molecule has 170 valence electrons. The van der Waals surface area contributed by atoms with Crippen molar-refractivity contribution in [3.8, 4) is 11.9 Å². The Morgan fingerprint density at radius 3 is 2.52 bits per heavy atom. The third-order valence-corrected chi connectivity index (χ3v) is 5.19. The maximum Gasteiger partial charge on any atom is 0.404 e. The highest BCUT2D eigenvalue weighted by Gasteiger charge is 2.28. The van der Waals surface area contributed by atoms with E-state index >= 15 is 0 Å². The first-order valence-electron chi connectivity index (χ1n) is 10.1. The van der Waals surface area contributed by atoms with Gasteiger partial charge in [-0.3, -0.25) is 0 Å². The van der Waals surface area contributed by atoms with E-state index in [0.29, 0.717) is 12.8 Å². The molecule has 0 aromatic carbocycles. The minimum absolute atomic E-state index is 0.00822. The highest BCUT2D eigenvalue weighted by molar-refractivity contribution is 5.66. The summed E-state index contributed by atoms with van der Waals surface area (Å²) < 4.78 is 29.1.